The van der Waals surface area contributed by atoms with Gasteiger partial charge >= 0.3 is 11.7 Å². The van der Waals surface area contributed by atoms with Crippen LogP contribution in [-0.2, 0) is 9.53 Å². The van der Waals surface area contributed by atoms with E-state index in [1.54, 1.807) is 30.5 Å². The monoisotopic (exact) mass is 547 g/mol. The molecule has 5 rings (SSSR count). The van der Waals surface area contributed by atoms with Crippen LogP contribution in [0.3, 0.4) is 0 Å². The van der Waals surface area contributed by atoms with Gasteiger partial charge in [0, 0.05) is 30.4 Å². The number of ketones is 1. The van der Waals surface area contributed by atoms with Crippen molar-refractivity contribution in [2.24, 2.45) is 5.73 Å². The Labute approximate surface area is 225 Å². The first-order valence-corrected chi connectivity index (χ1v) is 12.8. The number of carbonyl (C=O) groups is 2. The predicted molar refractivity (Wildman–Crippen MR) is 137 cm³/mol. The van der Waals surface area contributed by atoms with E-state index in [4.69, 9.17) is 24.4 Å². The number of hydrogen-bond donors (Lipinski definition) is 1. The normalized spacial score (nSPS) is 18.7. The average molecular weight is 548 g/mol. The first kappa shape index (κ1) is 25.7. The molecule has 3 heterocycles. The molecule has 2 aromatic heterocycles. The minimum atomic E-state index is -1.05. The Morgan fingerprint density at radius 2 is 2.13 bits per heavy atom. The molecule has 198 valence electrons. The highest BCUT2D eigenvalue weighted by Gasteiger charge is 2.42. The van der Waals surface area contributed by atoms with Crippen LogP contribution in [0.1, 0.15) is 52.6 Å². The molecule has 1 aliphatic carbocycles. The van der Waals surface area contributed by atoms with Crippen LogP contribution in [0.15, 0.2) is 75.2 Å². The van der Waals surface area contributed by atoms with Crippen LogP contribution in [0.2, 0.25) is 0 Å². The van der Waals surface area contributed by atoms with Crippen LogP contribution in [0.25, 0.3) is 0 Å². The maximum atomic E-state index is 13.5. The van der Waals surface area contributed by atoms with Crippen LogP contribution in [0, 0.1) is 21.4 Å². The molecular formula is C27H21N3O8S. The van der Waals surface area contributed by atoms with Crippen molar-refractivity contribution in [3.8, 4) is 17.6 Å². The highest BCUT2D eigenvalue weighted by molar-refractivity contribution is 7.12. The molecule has 2 N–H and O–H groups in total. The Morgan fingerprint density at radius 3 is 2.77 bits per heavy atom. The Kier molecular flexibility index (Phi) is 6.91. The molecule has 39 heavy (non-hydrogen) atoms. The lowest BCUT2D eigenvalue weighted by Crippen LogP contribution is -2.29. The molecule has 0 bridgehead atoms. The number of hydrogen-bond acceptors (Lipinski definition) is 11. The number of nitriles is 1. The standard InChI is InChI=1S/C27H21N3O8S/c1-2-35-21-12-15(9-17(30(33)34)25(21)38-27(32)22-6-4-8-39-22)23-16(13-28)26(29)37-20-11-14(10-18(31)24(20)23)19-5-3-7-36-19/h3-9,12,14,23H,2,10-11,29H2,1H3/t14-,23+/m1/s1. The van der Waals surface area contributed by atoms with E-state index in [-0.39, 0.29) is 75.9 Å². The minimum absolute atomic E-state index is 0.0707. The third-order valence-electron chi connectivity index (χ3n) is 6.41. The van der Waals surface area contributed by atoms with Gasteiger partial charge in [0.25, 0.3) is 0 Å². The van der Waals surface area contributed by atoms with E-state index in [0.717, 1.165) is 17.4 Å². The molecule has 11 nitrogen and oxygen atoms in total. The zero-order chi connectivity index (χ0) is 27.7. The molecule has 2 atom stereocenters. The van der Waals surface area contributed by atoms with Gasteiger partial charge in [0.2, 0.25) is 11.6 Å². The van der Waals surface area contributed by atoms with E-state index in [0.29, 0.717) is 5.76 Å². The zero-order valence-electron chi connectivity index (χ0n) is 20.5. The maximum Gasteiger partial charge on any atom is 0.354 e. The van der Waals surface area contributed by atoms with Crippen molar-refractivity contribution in [1.82, 2.24) is 0 Å². The van der Waals surface area contributed by atoms with Gasteiger partial charge in [-0.2, -0.15) is 5.26 Å². The van der Waals surface area contributed by atoms with Gasteiger partial charge in [0.1, 0.15) is 28.0 Å². The molecule has 1 aliphatic heterocycles. The number of ether oxygens (including phenoxy) is 3. The zero-order valence-corrected chi connectivity index (χ0v) is 21.4. The molecular weight excluding hydrogens is 526 g/mol. The van der Waals surface area contributed by atoms with Gasteiger partial charge in [-0.25, -0.2) is 4.79 Å². The maximum absolute atomic E-state index is 13.5. The summed E-state index contributed by atoms with van der Waals surface area (Å²) in [6.07, 6.45) is 1.88. The number of benzene rings is 1. The van der Waals surface area contributed by atoms with Crippen LogP contribution < -0.4 is 15.2 Å². The second-order valence-corrected chi connectivity index (χ2v) is 9.68. The summed E-state index contributed by atoms with van der Waals surface area (Å²) in [7, 11) is 0. The van der Waals surface area contributed by atoms with Crippen LogP contribution >= 0.6 is 11.3 Å². The number of thiophene rings is 1. The minimum Gasteiger partial charge on any atom is -0.490 e. The number of nitrogens with zero attached hydrogens (tertiary/aromatic N) is 2. The van der Waals surface area contributed by atoms with Crippen molar-refractivity contribution in [2.75, 3.05) is 6.61 Å². The predicted octanol–water partition coefficient (Wildman–Crippen LogP) is 5.08. The Bertz CT molecular complexity index is 1560. The Morgan fingerprint density at radius 1 is 1.31 bits per heavy atom. The lowest BCUT2D eigenvalue weighted by atomic mass is 9.74. The van der Waals surface area contributed by atoms with Gasteiger partial charge in [-0.15, -0.1) is 11.3 Å². The second kappa shape index (κ2) is 10.5. The fourth-order valence-electron chi connectivity index (χ4n) is 4.78. The van der Waals surface area contributed by atoms with Crippen molar-refractivity contribution in [2.45, 2.75) is 31.6 Å². The summed E-state index contributed by atoms with van der Waals surface area (Å²) >= 11 is 1.12. The molecule has 0 radical (unpaired) electrons. The average Bonchev–Trinajstić information content (AvgIpc) is 3.63. The molecule has 0 spiro atoms. The van der Waals surface area contributed by atoms with Crippen molar-refractivity contribution in [3.63, 3.8) is 0 Å². The first-order valence-electron chi connectivity index (χ1n) is 11.9. The van der Waals surface area contributed by atoms with E-state index in [2.05, 4.69) is 0 Å². The van der Waals surface area contributed by atoms with Gasteiger partial charge in [0.05, 0.1) is 23.7 Å². The summed E-state index contributed by atoms with van der Waals surface area (Å²) in [6.45, 7) is 1.76. The summed E-state index contributed by atoms with van der Waals surface area (Å²) in [4.78, 5) is 37.8. The number of nitrogens with two attached hydrogens (primary N) is 1. The largest absolute Gasteiger partial charge is 0.490 e. The number of Topliss-reactive ketones (excluding diaryl/α,β-unsaturated/α-hetero) is 1. The van der Waals surface area contributed by atoms with E-state index in [1.165, 1.54) is 18.4 Å². The third-order valence-corrected chi connectivity index (χ3v) is 7.26. The lowest BCUT2D eigenvalue weighted by Gasteiger charge is -2.33. The van der Waals surface area contributed by atoms with E-state index in [1.807, 2.05) is 6.07 Å². The highest BCUT2D eigenvalue weighted by Crippen LogP contribution is 2.49. The summed E-state index contributed by atoms with van der Waals surface area (Å²) in [6, 6.07) is 11.2. The van der Waals surface area contributed by atoms with Gasteiger partial charge < -0.3 is 24.4 Å². The van der Waals surface area contributed by atoms with Crippen LogP contribution in [0.4, 0.5) is 5.69 Å². The summed E-state index contributed by atoms with van der Waals surface area (Å²) in [5.74, 6) is -2.25. The third kappa shape index (κ3) is 4.75. The summed E-state index contributed by atoms with van der Waals surface area (Å²) in [5.41, 5.74) is 5.85. The number of carbonyl (C=O) groups excluding carboxylic acids is 2. The van der Waals surface area contributed by atoms with E-state index >= 15 is 0 Å². The molecule has 2 aliphatic rings. The van der Waals surface area contributed by atoms with Gasteiger partial charge in [-0.05, 0) is 42.1 Å². The summed E-state index contributed by atoms with van der Waals surface area (Å²) < 4.78 is 22.3. The molecule has 0 fully saturated rings. The quantitative estimate of drug-likeness (QED) is 0.182. The second-order valence-electron chi connectivity index (χ2n) is 8.73. The van der Waals surface area contributed by atoms with Gasteiger partial charge in [-0.1, -0.05) is 6.07 Å². The fourth-order valence-corrected chi connectivity index (χ4v) is 5.38. The number of rotatable bonds is 7. The number of allylic oxidation sites excluding steroid dienone is 3. The van der Waals surface area contributed by atoms with Crippen molar-refractivity contribution >= 4 is 28.8 Å². The van der Waals surface area contributed by atoms with Crippen molar-refractivity contribution in [1.29, 1.82) is 5.26 Å². The number of nitro groups is 1. The fraction of sp³-hybridized carbons (Fsp3) is 0.222. The summed E-state index contributed by atoms with van der Waals surface area (Å²) in [5, 5.41) is 23.8. The molecule has 12 heteroatoms. The van der Waals surface area contributed by atoms with Gasteiger partial charge in [-0.3, -0.25) is 14.9 Å². The number of esters is 1. The highest BCUT2D eigenvalue weighted by atomic mass is 32.1. The number of nitro benzene ring substituents is 1. The molecule has 0 amide bonds. The SMILES string of the molecule is CCOc1cc([C@H]2C(C#N)=C(N)OC3=C2C(=O)C[C@@H](c2ccco2)C3)cc([N+](=O)[O-])c1OC(=O)c1cccs1. The molecule has 0 saturated carbocycles. The van der Waals surface area contributed by atoms with Crippen LogP contribution in [0.5, 0.6) is 11.5 Å². The Balaban J connectivity index is 1.64. The van der Waals surface area contributed by atoms with Gasteiger partial charge in [0.15, 0.2) is 11.5 Å². The smallest absolute Gasteiger partial charge is 0.354 e. The van der Waals surface area contributed by atoms with E-state index in [9.17, 15) is 25.0 Å². The first-order chi connectivity index (χ1) is 18.8. The molecule has 1 aromatic carbocycles. The lowest BCUT2D eigenvalue weighted by molar-refractivity contribution is -0.385. The van der Waals surface area contributed by atoms with Crippen LogP contribution in [-0.4, -0.2) is 23.3 Å². The molecule has 0 unspecified atom stereocenters. The topological polar surface area (TPSA) is 168 Å². The molecule has 0 saturated heterocycles. The Hall–Kier alpha value is -4.89. The van der Waals surface area contributed by atoms with Crippen molar-refractivity contribution in [3.05, 3.63) is 97.1 Å². The number of furan rings is 1. The molecule has 3 aromatic rings. The van der Waals surface area contributed by atoms with Crippen molar-refractivity contribution < 1.29 is 33.1 Å². The van der Waals surface area contributed by atoms with E-state index < -0.39 is 22.5 Å².